The summed E-state index contributed by atoms with van der Waals surface area (Å²) in [6, 6.07) is 6.12. The van der Waals surface area contributed by atoms with Crippen molar-refractivity contribution in [1.29, 1.82) is 0 Å². The molecule has 0 saturated carbocycles. The van der Waals surface area contributed by atoms with Crippen LogP contribution in [0.2, 0.25) is 10.0 Å². The summed E-state index contributed by atoms with van der Waals surface area (Å²) in [5, 5.41) is 3.45. The van der Waals surface area contributed by atoms with Crippen LogP contribution < -0.4 is 10.0 Å². The van der Waals surface area contributed by atoms with E-state index in [1.54, 1.807) is 6.07 Å². The Morgan fingerprint density at radius 2 is 1.55 bits per heavy atom. The number of carbonyl (C=O) groups excluding carboxylic acids is 1. The summed E-state index contributed by atoms with van der Waals surface area (Å²) >= 11 is 11.8. The molecule has 2 aromatic rings. The number of hydrogen-bond donors (Lipinski definition) is 2. The smallest absolute Gasteiger partial charge is 0.307 e. The molecule has 29 heavy (non-hydrogen) atoms. The molecule has 0 unspecified atom stereocenters. The van der Waals surface area contributed by atoms with E-state index < -0.39 is 16.1 Å². The van der Waals surface area contributed by atoms with Crippen molar-refractivity contribution in [3.05, 3.63) is 62.1 Å². The minimum Gasteiger partial charge on any atom is -0.307 e. The van der Waals surface area contributed by atoms with Gasteiger partial charge in [0, 0.05) is 35.2 Å². The molecule has 0 heterocycles. The van der Waals surface area contributed by atoms with Gasteiger partial charge in [0.15, 0.2) is 0 Å². The Morgan fingerprint density at radius 3 is 2.14 bits per heavy atom. The van der Waals surface area contributed by atoms with E-state index in [-0.39, 0.29) is 40.3 Å². The number of benzene rings is 2. The molecule has 0 spiro atoms. The summed E-state index contributed by atoms with van der Waals surface area (Å²) in [4.78, 5) is 12.5. The summed E-state index contributed by atoms with van der Waals surface area (Å²) in [6.45, 7) is 0. The maximum absolute atomic E-state index is 12.5. The van der Waals surface area contributed by atoms with Crippen molar-refractivity contribution in [2.75, 3.05) is 5.32 Å². The van der Waals surface area contributed by atoms with Crippen molar-refractivity contribution in [2.24, 2.45) is 0 Å². The van der Waals surface area contributed by atoms with E-state index in [0.717, 1.165) is 55.3 Å². The molecule has 2 aliphatic rings. The van der Waals surface area contributed by atoms with Gasteiger partial charge in [-0.2, -0.15) is 0 Å². The molecular formula is C20H20Cl2N2NaO3S. The molecule has 0 atom stereocenters. The van der Waals surface area contributed by atoms with Crippen molar-refractivity contribution in [1.82, 2.24) is 4.72 Å². The second-order valence-corrected chi connectivity index (χ2v) is 9.83. The van der Waals surface area contributed by atoms with E-state index in [1.807, 2.05) is 0 Å². The Morgan fingerprint density at radius 1 is 0.931 bits per heavy atom. The van der Waals surface area contributed by atoms with Crippen LogP contribution in [0.3, 0.4) is 0 Å². The summed E-state index contributed by atoms with van der Waals surface area (Å²) in [6.07, 6.45) is 5.96. The van der Waals surface area contributed by atoms with Gasteiger partial charge in [0.05, 0.1) is 15.8 Å². The van der Waals surface area contributed by atoms with Crippen LogP contribution >= 0.6 is 23.2 Å². The summed E-state index contributed by atoms with van der Waals surface area (Å²) < 4.78 is 26.9. The van der Waals surface area contributed by atoms with Gasteiger partial charge in [-0.25, -0.2) is 17.9 Å². The Balaban J connectivity index is 0.00000240. The molecule has 149 valence electrons. The number of sulfonamides is 1. The summed E-state index contributed by atoms with van der Waals surface area (Å²) in [7, 11) is -3.88. The quantitative estimate of drug-likeness (QED) is 0.668. The molecule has 9 heteroatoms. The van der Waals surface area contributed by atoms with Crippen LogP contribution in [-0.2, 0) is 41.5 Å². The fraction of sp³-hybridized carbons (Fsp3) is 0.350. The van der Waals surface area contributed by atoms with Gasteiger partial charge in [0.1, 0.15) is 0 Å². The van der Waals surface area contributed by atoms with Crippen molar-refractivity contribution >= 4 is 74.5 Å². The van der Waals surface area contributed by atoms with Gasteiger partial charge in [0.25, 0.3) is 0 Å². The van der Waals surface area contributed by atoms with Crippen molar-refractivity contribution in [2.45, 2.75) is 44.3 Å². The second-order valence-electron chi connectivity index (χ2n) is 7.30. The molecule has 2 N–H and O–H groups in total. The fourth-order valence-corrected chi connectivity index (χ4v) is 5.48. The molecule has 0 aromatic heterocycles. The van der Waals surface area contributed by atoms with Crippen molar-refractivity contribution < 1.29 is 13.2 Å². The standard InChI is InChI=1S/C20H20Cl2N2O3S.Na/c21-17-8-7-12(9-18(17)22)11-28(26,27)24-20(25)23-19-15-5-1-3-13(15)10-14-4-2-6-16(14)19;/h7-10H,1-6,11H2,(H2,23,24,25);. The molecule has 0 aliphatic heterocycles. The largest absolute Gasteiger partial charge is 0.332 e. The Kier molecular flexibility index (Phi) is 7.24. The molecule has 0 bridgehead atoms. The van der Waals surface area contributed by atoms with Crippen LogP contribution in [-0.4, -0.2) is 44.0 Å². The van der Waals surface area contributed by atoms with E-state index in [0.29, 0.717) is 10.6 Å². The van der Waals surface area contributed by atoms with Crippen LogP contribution in [0.4, 0.5) is 10.5 Å². The molecule has 2 aliphatic carbocycles. The number of anilines is 1. The first-order chi connectivity index (χ1) is 13.3. The minimum atomic E-state index is -3.88. The van der Waals surface area contributed by atoms with Crippen LogP contribution in [0.1, 0.15) is 40.7 Å². The van der Waals surface area contributed by atoms with Crippen molar-refractivity contribution in [3.63, 3.8) is 0 Å². The molecular weight excluding hydrogens is 442 g/mol. The van der Waals surface area contributed by atoms with Crippen molar-refractivity contribution in [3.8, 4) is 0 Å². The van der Waals surface area contributed by atoms with Gasteiger partial charge in [-0.1, -0.05) is 35.3 Å². The predicted octanol–water partition coefficient (Wildman–Crippen LogP) is 4.24. The normalized spacial score (nSPS) is 14.7. The number of nitrogens with one attached hydrogen (secondary N) is 2. The van der Waals surface area contributed by atoms with Crippen LogP contribution in [0.25, 0.3) is 0 Å². The second kappa shape index (κ2) is 9.16. The van der Waals surface area contributed by atoms with Crippen LogP contribution in [0, 0.1) is 0 Å². The number of aryl methyl sites for hydroxylation is 2. The Hall–Kier alpha value is -0.760. The van der Waals surface area contributed by atoms with E-state index in [2.05, 4.69) is 16.1 Å². The number of hydrogen-bond acceptors (Lipinski definition) is 3. The van der Waals surface area contributed by atoms with E-state index in [9.17, 15) is 13.2 Å². The molecule has 1 radical (unpaired) electrons. The topological polar surface area (TPSA) is 75.3 Å². The first kappa shape index (κ1) is 22.9. The summed E-state index contributed by atoms with van der Waals surface area (Å²) in [5.41, 5.74) is 6.11. The van der Waals surface area contributed by atoms with Crippen LogP contribution in [0.5, 0.6) is 0 Å². The zero-order valence-electron chi connectivity index (χ0n) is 16.1. The average Bonchev–Trinajstić information content (AvgIpc) is 3.26. The minimum absolute atomic E-state index is 0. The maximum atomic E-state index is 12.5. The monoisotopic (exact) mass is 461 g/mol. The molecule has 2 amide bonds. The Labute approximate surface area is 202 Å². The number of amides is 2. The van der Waals surface area contributed by atoms with E-state index >= 15 is 0 Å². The molecule has 4 rings (SSSR count). The van der Waals surface area contributed by atoms with Gasteiger partial charge in [-0.3, -0.25) is 0 Å². The maximum Gasteiger partial charge on any atom is 0.332 e. The fourth-order valence-electron chi connectivity index (χ4n) is 4.13. The zero-order valence-corrected chi connectivity index (χ0v) is 20.5. The van der Waals surface area contributed by atoms with Gasteiger partial charge < -0.3 is 5.32 Å². The third-order valence-corrected chi connectivity index (χ3v) is 7.25. The Bertz CT molecular complexity index is 1040. The van der Waals surface area contributed by atoms with Gasteiger partial charge in [0.2, 0.25) is 10.0 Å². The molecule has 0 saturated heterocycles. The SMILES string of the molecule is O=C(Nc1c2c(cc3c1CCC3)CCC2)NS(=O)(=O)Cc1ccc(Cl)c(Cl)c1.[Na]. The molecule has 5 nitrogen and oxygen atoms in total. The van der Waals surface area contributed by atoms with Gasteiger partial charge >= 0.3 is 6.03 Å². The summed E-state index contributed by atoms with van der Waals surface area (Å²) in [5.74, 6) is -0.359. The average molecular weight is 462 g/mol. The number of urea groups is 1. The predicted molar refractivity (Wildman–Crippen MR) is 117 cm³/mol. The third-order valence-electron chi connectivity index (χ3n) is 5.30. The number of fused-ring (bicyclic) bond motifs is 2. The zero-order chi connectivity index (χ0) is 19.9. The first-order valence-corrected chi connectivity index (χ1v) is 11.6. The van der Waals surface area contributed by atoms with E-state index in [4.69, 9.17) is 23.2 Å². The molecule has 2 aromatic carbocycles. The van der Waals surface area contributed by atoms with E-state index in [1.165, 1.54) is 23.3 Å². The van der Waals surface area contributed by atoms with Crippen LogP contribution in [0.15, 0.2) is 24.3 Å². The van der Waals surface area contributed by atoms with Gasteiger partial charge in [-0.05, 0) is 78.5 Å². The third kappa shape index (κ3) is 5.12. The first-order valence-electron chi connectivity index (χ1n) is 9.24. The molecule has 0 fully saturated rings. The number of rotatable bonds is 4. The van der Waals surface area contributed by atoms with Gasteiger partial charge in [-0.15, -0.1) is 0 Å². The number of halogens is 2. The number of carbonyl (C=O) groups is 1.